The second kappa shape index (κ2) is 6.57. The van der Waals surface area contributed by atoms with E-state index in [0.717, 1.165) is 17.7 Å². The molecule has 2 N–H and O–H groups in total. The van der Waals surface area contributed by atoms with Crippen LogP contribution >= 0.6 is 0 Å². The highest BCUT2D eigenvalue weighted by Gasteiger charge is 2.27. The molecule has 0 aliphatic heterocycles. The molecule has 4 heteroatoms. The molecule has 0 spiro atoms. The van der Waals surface area contributed by atoms with Crippen molar-refractivity contribution >= 4 is 5.91 Å². The number of nitrogens with one attached hydrogen (secondary N) is 2. The number of carbonyl (C=O) groups excluding carboxylic acids is 1. The lowest BCUT2D eigenvalue weighted by molar-refractivity contribution is -0.127. The molecule has 0 fully saturated rings. The Labute approximate surface area is 115 Å². The molecule has 1 amide bonds. The third-order valence-corrected chi connectivity index (χ3v) is 3.42. The summed E-state index contributed by atoms with van der Waals surface area (Å²) in [7, 11) is 3.43. The molecular weight excluding hydrogens is 240 g/mol. The zero-order valence-electron chi connectivity index (χ0n) is 12.4. The minimum atomic E-state index is -0.570. The van der Waals surface area contributed by atoms with Crippen LogP contribution in [0.4, 0.5) is 0 Å². The Bertz CT molecular complexity index is 413. The Hall–Kier alpha value is -1.55. The van der Waals surface area contributed by atoms with Gasteiger partial charge in [0.2, 0.25) is 5.91 Å². The van der Waals surface area contributed by atoms with Gasteiger partial charge in [0.1, 0.15) is 5.75 Å². The Kier molecular flexibility index (Phi) is 5.36. The molecule has 106 valence electrons. The first-order chi connectivity index (χ1) is 8.94. The number of rotatable bonds is 6. The third-order valence-electron chi connectivity index (χ3n) is 3.42. The number of hydrogen-bond acceptors (Lipinski definition) is 3. The van der Waals surface area contributed by atoms with E-state index in [1.165, 1.54) is 0 Å². The third kappa shape index (κ3) is 3.96. The summed E-state index contributed by atoms with van der Waals surface area (Å²) in [5, 5.41) is 6.08. The zero-order valence-corrected chi connectivity index (χ0v) is 12.4. The van der Waals surface area contributed by atoms with Gasteiger partial charge in [-0.25, -0.2) is 0 Å². The number of hydrogen-bond donors (Lipinski definition) is 2. The predicted molar refractivity (Wildman–Crippen MR) is 77.3 cm³/mol. The lowest BCUT2D eigenvalue weighted by Gasteiger charge is -2.26. The molecule has 0 radical (unpaired) electrons. The van der Waals surface area contributed by atoms with Crippen molar-refractivity contribution in [1.82, 2.24) is 10.6 Å². The fraction of sp³-hybridized carbons (Fsp3) is 0.533. The summed E-state index contributed by atoms with van der Waals surface area (Å²) in [6.45, 7) is 5.79. The van der Waals surface area contributed by atoms with Gasteiger partial charge in [0.05, 0.1) is 18.7 Å². The number of likely N-dealkylation sites (N-methyl/N-ethyl adjacent to an activating group) is 1. The van der Waals surface area contributed by atoms with Gasteiger partial charge in [-0.2, -0.15) is 0 Å². The number of ether oxygens (including phenoxy) is 1. The summed E-state index contributed by atoms with van der Waals surface area (Å²) in [4.78, 5) is 12.2. The average Bonchev–Trinajstić information content (AvgIpc) is 2.44. The lowest BCUT2D eigenvalue weighted by atomic mass is 10.0. The monoisotopic (exact) mass is 264 g/mol. The number of benzene rings is 1. The van der Waals surface area contributed by atoms with Crippen molar-refractivity contribution in [2.45, 2.75) is 38.8 Å². The van der Waals surface area contributed by atoms with Crippen LogP contribution in [0.2, 0.25) is 0 Å². The van der Waals surface area contributed by atoms with Crippen molar-refractivity contribution in [2.75, 3.05) is 14.2 Å². The molecule has 0 saturated carbocycles. The van der Waals surface area contributed by atoms with Crippen LogP contribution < -0.4 is 15.4 Å². The molecular formula is C15H24N2O2. The summed E-state index contributed by atoms with van der Waals surface area (Å²) in [5.74, 6) is 0.818. The van der Waals surface area contributed by atoms with E-state index in [2.05, 4.69) is 17.6 Å². The van der Waals surface area contributed by atoms with Crippen molar-refractivity contribution in [2.24, 2.45) is 0 Å². The van der Waals surface area contributed by atoms with Gasteiger partial charge >= 0.3 is 0 Å². The molecule has 0 saturated heterocycles. The molecule has 1 atom stereocenters. The van der Waals surface area contributed by atoms with Crippen LogP contribution in [0.1, 0.15) is 38.8 Å². The first-order valence-corrected chi connectivity index (χ1v) is 6.58. The highest BCUT2D eigenvalue weighted by molar-refractivity contribution is 5.85. The van der Waals surface area contributed by atoms with Gasteiger partial charge in [0.15, 0.2) is 0 Å². The summed E-state index contributed by atoms with van der Waals surface area (Å²) < 4.78 is 5.14. The van der Waals surface area contributed by atoms with Gasteiger partial charge in [0, 0.05) is 0 Å². The van der Waals surface area contributed by atoms with E-state index in [0.29, 0.717) is 0 Å². The van der Waals surface area contributed by atoms with Crippen molar-refractivity contribution in [3.05, 3.63) is 29.8 Å². The van der Waals surface area contributed by atoms with Crippen LogP contribution in [0.25, 0.3) is 0 Å². The van der Waals surface area contributed by atoms with E-state index in [1.807, 2.05) is 38.1 Å². The fourth-order valence-corrected chi connectivity index (χ4v) is 1.71. The first kappa shape index (κ1) is 15.5. The summed E-state index contributed by atoms with van der Waals surface area (Å²) >= 11 is 0. The maximum absolute atomic E-state index is 12.2. The second-order valence-corrected chi connectivity index (χ2v) is 5.08. The van der Waals surface area contributed by atoms with Gasteiger partial charge < -0.3 is 15.4 Å². The van der Waals surface area contributed by atoms with Crippen LogP contribution in [-0.4, -0.2) is 25.6 Å². The zero-order chi connectivity index (χ0) is 14.5. The van der Waals surface area contributed by atoms with E-state index in [-0.39, 0.29) is 11.9 Å². The van der Waals surface area contributed by atoms with Crippen molar-refractivity contribution in [3.8, 4) is 5.75 Å². The minimum Gasteiger partial charge on any atom is -0.497 e. The largest absolute Gasteiger partial charge is 0.497 e. The standard InChI is InChI=1S/C15H24N2O2/c1-6-13(17-14(18)15(2,3)16-4)11-7-9-12(19-5)10-8-11/h7-10,13,16H,6H2,1-5H3,(H,17,18). The molecule has 1 rings (SSSR count). The number of amides is 1. The molecule has 0 bridgehead atoms. The van der Waals surface area contributed by atoms with E-state index in [9.17, 15) is 4.79 Å². The van der Waals surface area contributed by atoms with E-state index < -0.39 is 5.54 Å². The van der Waals surface area contributed by atoms with Gasteiger partial charge in [-0.15, -0.1) is 0 Å². The van der Waals surface area contributed by atoms with Crippen LogP contribution in [-0.2, 0) is 4.79 Å². The van der Waals surface area contributed by atoms with Crippen molar-refractivity contribution in [1.29, 1.82) is 0 Å². The van der Waals surface area contributed by atoms with E-state index in [4.69, 9.17) is 4.74 Å². The highest BCUT2D eigenvalue weighted by atomic mass is 16.5. The molecule has 1 aromatic rings. The molecule has 0 heterocycles. The van der Waals surface area contributed by atoms with Gasteiger partial charge in [-0.3, -0.25) is 4.79 Å². The highest BCUT2D eigenvalue weighted by Crippen LogP contribution is 2.20. The first-order valence-electron chi connectivity index (χ1n) is 6.58. The summed E-state index contributed by atoms with van der Waals surface area (Å²) in [6.07, 6.45) is 0.845. The normalized spacial score (nSPS) is 12.9. The van der Waals surface area contributed by atoms with Crippen LogP contribution in [0, 0.1) is 0 Å². The molecule has 4 nitrogen and oxygen atoms in total. The van der Waals surface area contributed by atoms with E-state index in [1.54, 1.807) is 14.2 Å². The lowest BCUT2D eigenvalue weighted by Crippen LogP contribution is -2.51. The topological polar surface area (TPSA) is 50.4 Å². The van der Waals surface area contributed by atoms with Crippen LogP contribution in [0.15, 0.2) is 24.3 Å². The number of methoxy groups -OCH3 is 1. The molecule has 19 heavy (non-hydrogen) atoms. The van der Waals surface area contributed by atoms with E-state index >= 15 is 0 Å². The Morgan fingerprint density at radius 2 is 1.89 bits per heavy atom. The van der Waals surface area contributed by atoms with Crippen LogP contribution in [0.5, 0.6) is 5.75 Å². The Morgan fingerprint density at radius 1 is 1.32 bits per heavy atom. The molecule has 0 aliphatic rings. The summed E-state index contributed by atoms with van der Waals surface area (Å²) in [6, 6.07) is 7.81. The average molecular weight is 264 g/mol. The van der Waals surface area contributed by atoms with Gasteiger partial charge in [-0.1, -0.05) is 19.1 Å². The van der Waals surface area contributed by atoms with Crippen molar-refractivity contribution < 1.29 is 9.53 Å². The summed E-state index contributed by atoms with van der Waals surface area (Å²) in [5.41, 5.74) is 0.517. The molecule has 1 aromatic carbocycles. The Balaban J connectivity index is 2.80. The fourth-order valence-electron chi connectivity index (χ4n) is 1.71. The Morgan fingerprint density at radius 3 is 2.32 bits per heavy atom. The molecule has 0 aromatic heterocycles. The van der Waals surface area contributed by atoms with Crippen molar-refractivity contribution in [3.63, 3.8) is 0 Å². The van der Waals surface area contributed by atoms with Gasteiger partial charge in [0.25, 0.3) is 0 Å². The predicted octanol–water partition coefficient (Wildman–Crippen LogP) is 2.26. The maximum Gasteiger partial charge on any atom is 0.240 e. The maximum atomic E-state index is 12.2. The molecule has 0 aliphatic carbocycles. The quantitative estimate of drug-likeness (QED) is 0.828. The smallest absolute Gasteiger partial charge is 0.240 e. The number of carbonyl (C=O) groups is 1. The van der Waals surface area contributed by atoms with Gasteiger partial charge in [-0.05, 0) is 45.0 Å². The second-order valence-electron chi connectivity index (χ2n) is 5.08. The minimum absolute atomic E-state index is 0.00216. The molecule has 1 unspecified atom stereocenters. The van der Waals surface area contributed by atoms with Crippen LogP contribution in [0.3, 0.4) is 0 Å². The SMILES string of the molecule is CCC(NC(=O)C(C)(C)NC)c1ccc(OC)cc1.